The number of aromatic nitrogens is 2. The number of fused-ring (bicyclic) bond motifs is 1. The SMILES string of the molecule is CCN(CC)c1ccc(-c2nc3cc(C)c(C)cc3[nH]2)cc1. The predicted molar refractivity (Wildman–Crippen MR) is 94.6 cm³/mol. The van der Waals surface area contributed by atoms with Crippen molar-refractivity contribution in [1.82, 2.24) is 9.97 Å². The third-order valence-electron chi connectivity index (χ3n) is 4.37. The van der Waals surface area contributed by atoms with Crippen molar-refractivity contribution in [3.8, 4) is 11.4 Å². The van der Waals surface area contributed by atoms with E-state index in [1.165, 1.54) is 16.8 Å². The standard InChI is InChI=1S/C19H23N3/c1-5-22(6-2)16-9-7-15(8-10-16)19-20-17-11-13(3)14(4)12-18(17)21-19/h7-12H,5-6H2,1-4H3,(H,20,21). The maximum Gasteiger partial charge on any atom is 0.138 e. The number of nitrogens with one attached hydrogen (secondary N) is 1. The van der Waals surface area contributed by atoms with Gasteiger partial charge in [0.1, 0.15) is 5.82 Å². The van der Waals surface area contributed by atoms with E-state index in [0.29, 0.717) is 0 Å². The van der Waals surface area contributed by atoms with Gasteiger partial charge in [0.25, 0.3) is 0 Å². The third kappa shape index (κ3) is 2.59. The molecule has 0 bridgehead atoms. The van der Waals surface area contributed by atoms with Gasteiger partial charge in [-0.05, 0) is 75.2 Å². The first-order chi connectivity index (χ1) is 10.6. The van der Waals surface area contributed by atoms with Crippen LogP contribution in [-0.4, -0.2) is 23.1 Å². The lowest BCUT2D eigenvalue weighted by Gasteiger charge is -2.20. The minimum atomic E-state index is 0.936. The molecule has 3 aromatic rings. The number of imidazole rings is 1. The fraction of sp³-hybridized carbons (Fsp3) is 0.316. The molecule has 22 heavy (non-hydrogen) atoms. The lowest BCUT2D eigenvalue weighted by Crippen LogP contribution is -2.21. The van der Waals surface area contributed by atoms with Gasteiger partial charge in [-0.15, -0.1) is 0 Å². The van der Waals surface area contributed by atoms with E-state index in [-0.39, 0.29) is 0 Å². The molecule has 0 saturated heterocycles. The van der Waals surface area contributed by atoms with Crippen molar-refractivity contribution < 1.29 is 0 Å². The monoisotopic (exact) mass is 293 g/mol. The van der Waals surface area contributed by atoms with Gasteiger partial charge in [0, 0.05) is 24.3 Å². The van der Waals surface area contributed by atoms with E-state index in [2.05, 4.69) is 74.0 Å². The number of aryl methyl sites for hydroxylation is 2. The first-order valence-electron chi connectivity index (χ1n) is 7.94. The van der Waals surface area contributed by atoms with Gasteiger partial charge in [-0.3, -0.25) is 0 Å². The Morgan fingerprint density at radius 3 is 2.23 bits per heavy atom. The number of hydrogen-bond donors (Lipinski definition) is 1. The molecule has 0 saturated carbocycles. The fourth-order valence-corrected chi connectivity index (χ4v) is 2.83. The second-order valence-corrected chi connectivity index (χ2v) is 5.76. The number of H-pyrrole nitrogens is 1. The molecule has 3 heteroatoms. The largest absolute Gasteiger partial charge is 0.372 e. The summed E-state index contributed by atoms with van der Waals surface area (Å²) in [5, 5.41) is 0. The van der Waals surface area contributed by atoms with Crippen molar-refractivity contribution in [1.29, 1.82) is 0 Å². The van der Waals surface area contributed by atoms with Crippen molar-refractivity contribution in [2.75, 3.05) is 18.0 Å². The second-order valence-electron chi connectivity index (χ2n) is 5.76. The Bertz CT molecular complexity index is 741. The van der Waals surface area contributed by atoms with Crippen LogP contribution in [-0.2, 0) is 0 Å². The minimum absolute atomic E-state index is 0.936. The predicted octanol–water partition coefficient (Wildman–Crippen LogP) is 4.69. The normalized spacial score (nSPS) is 11.1. The maximum atomic E-state index is 4.73. The lowest BCUT2D eigenvalue weighted by atomic mass is 10.1. The summed E-state index contributed by atoms with van der Waals surface area (Å²) in [6.45, 7) is 10.7. The third-order valence-corrected chi connectivity index (χ3v) is 4.37. The first kappa shape index (κ1) is 14.6. The van der Waals surface area contributed by atoms with Gasteiger partial charge in [-0.1, -0.05) is 0 Å². The van der Waals surface area contributed by atoms with Crippen LogP contribution in [0.25, 0.3) is 22.4 Å². The Kier molecular flexibility index (Phi) is 3.88. The van der Waals surface area contributed by atoms with Crippen molar-refractivity contribution in [3.05, 3.63) is 47.5 Å². The van der Waals surface area contributed by atoms with E-state index in [1.807, 2.05) is 0 Å². The molecular weight excluding hydrogens is 270 g/mol. The molecule has 0 fully saturated rings. The van der Waals surface area contributed by atoms with Crippen LogP contribution in [0, 0.1) is 13.8 Å². The molecule has 0 aliphatic heterocycles. The second kappa shape index (κ2) is 5.84. The summed E-state index contributed by atoms with van der Waals surface area (Å²) in [6.07, 6.45) is 0. The number of benzene rings is 2. The zero-order chi connectivity index (χ0) is 15.7. The Hall–Kier alpha value is -2.29. The van der Waals surface area contributed by atoms with Crippen LogP contribution in [0.1, 0.15) is 25.0 Å². The van der Waals surface area contributed by atoms with Crippen LogP contribution in [0.3, 0.4) is 0 Å². The number of anilines is 1. The number of nitrogens with zero attached hydrogens (tertiary/aromatic N) is 2. The van der Waals surface area contributed by atoms with Crippen LogP contribution in [0.4, 0.5) is 5.69 Å². The molecule has 114 valence electrons. The quantitative estimate of drug-likeness (QED) is 0.756. The van der Waals surface area contributed by atoms with Gasteiger partial charge in [-0.25, -0.2) is 4.98 Å². The van der Waals surface area contributed by atoms with E-state index in [1.54, 1.807) is 0 Å². The van der Waals surface area contributed by atoms with E-state index in [9.17, 15) is 0 Å². The molecule has 0 amide bonds. The molecule has 0 unspecified atom stereocenters. The molecule has 0 atom stereocenters. The average molecular weight is 293 g/mol. The fourth-order valence-electron chi connectivity index (χ4n) is 2.83. The smallest absolute Gasteiger partial charge is 0.138 e. The van der Waals surface area contributed by atoms with Crippen LogP contribution < -0.4 is 4.90 Å². The Labute approximate surface area is 132 Å². The van der Waals surface area contributed by atoms with Crippen molar-refractivity contribution in [2.45, 2.75) is 27.7 Å². The molecule has 0 aliphatic rings. The molecule has 0 radical (unpaired) electrons. The zero-order valence-electron chi connectivity index (χ0n) is 13.8. The Balaban J connectivity index is 1.97. The van der Waals surface area contributed by atoms with Crippen LogP contribution >= 0.6 is 0 Å². The summed E-state index contributed by atoms with van der Waals surface area (Å²) in [5.74, 6) is 0.936. The molecule has 1 heterocycles. The Morgan fingerprint density at radius 2 is 1.59 bits per heavy atom. The summed E-state index contributed by atoms with van der Waals surface area (Å²) >= 11 is 0. The van der Waals surface area contributed by atoms with Gasteiger partial charge in [0.2, 0.25) is 0 Å². The lowest BCUT2D eigenvalue weighted by molar-refractivity contribution is 0.866. The highest BCUT2D eigenvalue weighted by molar-refractivity contribution is 5.81. The van der Waals surface area contributed by atoms with Crippen LogP contribution in [0.15, 0.2) is 36.4 Å². The van der Waals surface area contributed by atoms with Gasteiger partial charge in [0.05, 0.1) is 11.0 Å². The van der Waals surface area contributed by atoms with E-state index in [0.717, 1.165) is 35.5 Å². The molecule has 1 aromatic heterocycles. The molecule has 0 aliphatic carbocycles. The molecule has 0 spiro atoms. The highest BCUT2D eigenvalue weighted by Crippen LogP contribution is 2.25. The minimum Gasteiger partial charge on any atom is -0.372 e. The maximum absolute atomic E-state index is 4.73. The summed E-state index contributed by atoms with van der Waals surface area (Å²) in [6, 6.07) is 13.0. The van der Waals surface area contributed by atoms with Crippen LogP contribution in [0.2, 0.25) is 0 Å². The van der Waals surface area contributed by atoms with Gasteiger partial charge < -0.3 is 9.88 Å². The molecule has 3 rings (SSSR count). The number of hydrogen-bond acceptors (Lipinski definition) is 2. The topological polar surface area (TPSA) is 31.9 Å². The van der Waals surface area contributed by atoms with Gasteiger partial charge in [-0.2, -0.15) is 0 Å². The van der Waals surface area contributed by atoms with E-state index >= 15 is 0 Å². The summed E-state index contributed by atoms with van der Waals surface area (Å²) in [5.41, 5.74) is 7.10. The van der Waals surface area contributed by atoms with Crippen molar-refractivity contribution in [3.63, 3.8) is 0 Å². The summed E-state index contributed by atoms with van der Waals surface area (Å²) < 4.78 is 0. The van der Waals surface area contributed by atoms with Crippen LogP contribution in [0.5, 0.6) is 0 Å². The average Bonchev–Trinajstić information content (AvgIpc) is 2.92. The highest BCUT2D eigenvalue weighted by atomic mass is 15.1. The molecule has 3 nitrogen and oxygen atoms in total. The van der Waals surface area contributed by atoms with Gasteiger partial charge >= 0.3 is 0 Å². The number of aromatic amines is 1. The van der Waals surface area contributed by atoms with Crippen molar-refractivity contribution >= 4 is 16.7 Å². The summed E-state index contributed by atoms with van der Waals surface area (Å²) in [7, 11) is 0. The first-order valence-corrected chi connectivity index (χ1v) is 7.94. The number of rotatable bonds is 4. The summed E-state index contributed by atoms with van der Waals surface area (Å²) in [4.78, 5) is 10.5. The van der Waals surface area contributed by atoms with Gasteiger partial charge in [0.15, 0.2) is 0 Å². The highest BCUT2D eigenvalue weighted by Gasteiger charge is 2.08. The molecule has 1 N–H and O–H groups in total. The van der Waals surface area contributed by atoms with Crippen molar-refractivity contribution in [2.24, 2.45) is 0 Å². The molecular formula is C19H23N3. The van der Waals surface area contributed by atoms with E-state index < -0.39 is 0 Å². The van der Waals surface area contributed by atoms with E-state index in [4.69, 9.17) is 4.98 Å². The zero-order valence-corrected chi connectivity index (χ0v) is 13.8. The Morgan fingerprint density at radius 1 is 0.955 bits per heavy atom. The molecule has 2 aromatic carbocycles.